The second-order valence-electron chi connectivity index (χ2n) is 4.17. The van der Waals surface area contributed by atoms with E-state index in [2.05, 4.69) is 10.1 Å². The molecule has 1 atom stereocenters. The van der Waals surface area contributed by atoms with E-state index in [0.29, 0.717) is 11.4 Å². The molecule has 0 amide bonds. The highest BCUT2D eigenvalue weighted by molar-refractivity contribution is 5.49. The van der Waals surface area contributed by atoms with Crippen LogP contribution in [0.4, 0.5) is 5.82 Å². The van der Waals surface area contributed by atoms with Crippen LogP contribution in [-0.4, -0.2) is 19.9 Å². The molecule has 3 N–H and O–H groups in total. The van der Waals surface area contributed by atoms with Crippen LogP contribution in [0.5, 0.6) is 0 Å². The highest BCUT2D eigenvalue weighted by Crippen LogP contribution is 2.29. The highest BCUT2D eigenvalue weighted by Gasteiger charge is 2.20. The number of nitrogens with two attached hydrogens (primary N) is 1. The van der Waals surface area contributed by atoms with E-state index in [1.807, 2.05) is 27.0 Å². The van der Waals surface area contributed by atoms with Crippen LogP contribution >= 0.6 is 0 Å². The van der Waals surface area contributed by atoms with Crippen LogP contribution in [0.25, 0.3) is 0 Å². The van der Waals surface area contributed by atoms with E-state index in [4.69, 9.17) is 5.73 Å². The Labute approximate surface area is 99.9 Å². The first-order chi connectivity index (χ1) is 8.00. The molecule has 0 saturated carbocycles. The predicted octanol–water partition coefficient (Wildman–Crippen LogP) is 1.10. The number of nitrogens with zero attached hydrogens (tertiary/aromatic N) is 3. The average molecular weight is 232 g/mol. The van der Waals surface area contributed by atoms with Gasteiger partial charge in [0, 0.05) is 30.6 Å². The molecule has 0 fully saturated rings. The number of pyridine rings is 1. The summed E-state index contributed by atoms with van der Waals surface area (Å²) in [5, 5.41) is 14.6. The molecule has 0 aliphatic heterocycles. The third kappa shape index (κ3) is 2.01. The van der Waals surface area contributed by atoms with E-state index in [1.165, 1.54) is 0 Å². The maximum atomic E-state index is 10.4. The number of rotatable bonds is 2. The Morgan fingerprint density at radius 2 is 2.12 bits per heavy atom. The Morgan fingerprint density at radius 3 is 2.65 bits per heavy atom. The number of aliphatic hydroxyl groups is 1. The minimum Gasteiger partial charge on any atom is -0.383 e. The van der Waals surface area contributed by atoms with Crippen LogP contribution in [0.2, 0.25) is 0 Å². The van der Waals surface area contributed by atoms with Gasteiger partial charge < -0.3 is 10.8 Å². The van der Waals surface area contributed by atoms with Gasteiger partial charge in [-0.1, -0.05) is 0 Å². The van der Waals surface area contributed by atoms with Gasteiger partial charge in [-0.25, -0.2) is 4.98 Å². The quantitative estimate of drug-likeness (QED) is 0.812. The van der Waals surface area contributed by atoms with Crippen LogP contribution in [0.1, 0.15) is 28.5 Å². The number of nitrogen functional groups attached to an aromatic ring is 1. The molecule has 1 unspecified atom stereocenters. The molecule has 2 aromatic rings. The van der Waals surface area contributed by atoms with Crippen molar-refractivity contribution in [1.29, 1.82) is 0 Å². The maximum absolute atomic E-state index is 10.4. The van der Waals surface area contributed by atoms with Gasteiger partial charge in [-0.2, -0.15) is 5.10 Å². The van der Waals surface area contributed by atoms with E-state index >= 15 is 0 Å². The molecule has 90 valence electrons. The van der Waals surface area contributed by atoms with E-state index in [-0.39, 0.29) is 0 Å². The van der Waals surface area contributed by atoms with E-state index in [0.717, 1.165) is 16.8 Å². The number of aliphatic hydroxyl groups excluding tert-OH is 1. The summed E-state index contributed by atoms with van der Waals surface area (Å²) in [5.41, 5.74) is 8.95. The smallest absolute Gasteiger partial charge is 0.129 e. The number of hydrogen-bond acceptors (Lipinski definition) is 4. The van der Waals surface area contributed by atoms with Crippen molar-refractivity contribution in [3.05, 3.63) is 40.8 Å². The van der Waals surface area contributed by atoms with Gasteiger partial charge >= 0.3 is 0 Å². The third-order valence-electron chi connectivity index (χ3n) is 2.86. The summed E-state index contributed by atoms with van der Waals surface area (Å²) in [6.07, 6.45) is 2.65. The number of aromatic nitrogens is 3. The summed E-state index contributed by atoms with van der Waals surface area (Å²) < 4.78 is 1.68. The Hall–Kier alpha value is -1.88. The van der Waals surface area contributed by atoms with Gasteiger partial charge in [0.2, 0.25) is 0 Å². The largest absolute Gasteiger partial charge is 0.383 e. The van der Waals surface area contributed by atoms with Crippen molar-refractivity contribution in [2.24, 2.45) is 7.05 Å². The van der Waals surface area contributed by atoms with Crippen molar-refractivity contribution in [3.8, 4) is 0 Å². The van der Waals surface area contributed by atoms with Gasteiger partial charge in [0.25, 0.3) is 0 Å². The van der Waals surface area contributed by atoms with Crippen molar-refractivity contribution in [2.45, 2.75) is 20.0 Å². The lowest BCUT2D eigenvalue weighted by atomic mass is 9.99. The summed E-state index contributed by atoms with van der Waals surface area (Å²) in [4.78, 5) is 4.01. The van der Waals surface area contributed by atoms with Gasteiger partial charge in [-0.3, -0.25) is 4.68 Å². The first kappa shape index (κ1) is 11.6. The Balaban J connectivity index is 2.51. The van der Waals surface area contributed by atoms with Crippen molar-refractivity contribution in [3.63, 3.8) is 0 Å². The normalized spacial score (nSPS) is 12.7. The van der Waals surface area contributed by atoms with Crippen LogP contribution in [0.3, 0.4) is 0 Å². The predicted molar refractivity (Wildman–Crippen MR) is 65.4 cm³/mol. The minimum atomic E-state index is -0.780. The van der Waals surface area contributed by atoms with Gasteiger partial charge in [0.1, 0.15) is 11.9 Å². The molecule has 0 radical (unpaired) electrons. The van der Waals surface area contributed by atoms with E-state index in [9.17, 15) is 5.11 Å². The Kier molecular flexibility index (Phi) is 2.85. The van der Waals surface area contributed by atoms with Crippen LogP contribution < -0.4 is 5.73 Å². The Bertz CT molecular complexity index is 527. The number of anilines is 1. The zero-order valence-electron chi connectivity index (χ0n) is 10.2. The van der Waals surface area contributed by atoms with E-state index in [1.54, 1.807) is 17.1 Å². The molecular weight excluding hydrogens is 216 g/mol. The van der Waals surface area contributed by atoms with E-state index < -0.39 is 6.10 Å². The molecule has 0 aliphatic rings. The molecule has 2 rings (SSSR count). The molecule has 0 bridgehead atoms. The second kappa shape index (κ2) is 4.18. The van der Waals surface area contributed by atoms with Crippen molar-refractivity contribution in [1.82, 2.24) is 14.8 Å². The summed E-state index contributed by atoms with van der Waals surface area (Å²) in [6.45, 7) is 3.77. The van der Waals surface area contributed by atoms with Gasteiger partial charge in [-0.05, 0) is 25.5 Å². The molecule has 17 heavy (non-hydrogen) atoms. The number of aryl methyl sites for hydroxylation is 3. The van der Waals surface area contributed by atoms with Gasteiger partial charge in [-0.15, -0.1) is 0 Å². The minimum absolute atomic E-state index is 0.362. The summed E-state index contributed by atoms with van der Waals surface area (Å²) in [7, 11) is 1.82. The van der Waals surface area contributed by atoms with Crippen LogP contribution in [-0.2, 0) is 7.05 Å². The second-order valence-corrected chi connectivity index (χ2v) is 4.17. The molecule has 0 aliphatic carbocycles. The monoisotopic (exact) mass is 232 g/mol. The lowest BCUT2D eigenvalue weighted by molar-refractivity contribution is 0.219. The van der Waals surface area contributed by atoms with Gasteiger partial charge in [0.05, 0.1) is 5.69 Å². The van der Waals surface area contributed by atoms with Crippen LogP contribution in [0.15, 0.2) is 18.5 Å². The fourth-order valence-corrected chi connectivity index (χ4v) is 1.99. The topological polar surface area (TPSA) is 77.0 Å². The zero-order chi connectivity index (χ0) is 12.6. The summed E-state index contributed by atoms with van der Waals surface area (Å²) >= 11 is 0. The fraction of sp³-hybridized carbons (Fsp3) is 0.333. The number of hydrogen-bond donors (Lipinski definition) is 2. The van der Waals surface area contributed by atoms with Crippen molar-refractivity contribution in [2.75, 3.05) is 5.73 Å². The molecule has 0 spiro atoms. The molecule has 2 heterocycles. The third-order valence-corrected chi connectivity index (χ3v) is 2.86. The van der Waals surface area contributed by atoms with Crippen molar-refractivity contribution < 1.29 is 5.11 Å². The molecular formula is C12H16N4O. The molecule has 2 aromatic heterocycles. The van der Waals surface area contributed by atoms with Crippen molar-refractivity contribution >= 4 is 5.82 Å². The summed E-state index contributed by atoms with van der Waals surface area (Å²) in [5.74, 6) is 0.362. The fourth-order valence-electron chi connectivity index (χ4n) is 1.99. The lowest BCUT2D eigenvalue weighted by Crippen LogP contribution is -2.08. The molecule has 0 aromatic carbocycles. The molecule has 5 nitrogen and oxygen atoms in total. The zero-order valence-corrected chi connectivity index (χ0v) is 10.2. The average Bonchev–Trinajstić information content (AvgIpc) is 2.57. The first-order valence-corrected chi connectivity index (χ1v) is 5.40. The van der Waals surface area contributed by atoms with Crippen LogP contribution in [0, 0.1) is 13.8 Å². The first-order valence-electron chi connectivity index (χ1n) is 5.40. The summed E-state index contributed by atoms with van der Waals surface area (Å²) in [6, 6.07) is 1.83. The molecule has 5 heteroatoms. The Morgan fingerprint density at radius 1 is 1.41 bits per heavy atom. The lowest BCUT2D eigenvalue weighted by Gasteiger charge is -2.14. The SMILES string of the molecule is Cc1ccnc(N)c1C(O)c1cn(C)nc1C. The standard InChI is InChI=1S/C12H16N4O/c1-7-4-5-14-12(13)10(7)11(17)9-6-16(3)15-8(9)2/h4-6,11,17H,1-3H3,(H2,13,14). The molecule has 0 saturated heterocycles. The van der Waals surface area contributed by atoms with Gasteiger partial charge in [0.15, 0.2) is 0 Å². The highest BCUT2D eigenvalue weighted by atomic mass is 16.3. The maximum Gasteiger partial charge on any atom is 0.129 e.